The number of nitrogens with one attached hydrogen (secondary N) is 1. The number of carbonyl (C=O) groups is 2. The molecule has 0 spiro atoms. The predicted molar refractivity (Wildman–Crippen MR) is 143 cm³/mol. The van der Waals surface area contributed by atoms with E-state index in [9.17, 15) is 32.6 Å². The first-order valence-electron chi connectivity index (χ1n) is 11.0. The van der Waals surface area contributed by atoms with Gasteiger partial charge in [0.05, 0.1) is 20.5 Å². The van der Waals surface area contributed by atoms with Crippen molar-refractivity contribution in [2.45, 2.75) is 23.8 Å². The first-order valence-corrected chi connectivity index (χ1v) is 15.4. The van der Waals surface area contributed by atoms with Crippen molar-refractivity contribution in [3.63, 3.8) is 0 Å². The Labute approximate surface area is 224 Å². The summed E-state index contributed by atoms with van der Waals surface area (Å²) < 4.78 is 36.3. The summed E-state index contributed by atoms with van der Waals surface area (Å²) in [4.78, 5) is 35.2. The fourth-order valence-corrected chi connectivity index (χ4v) is 6.48. The zero-order valence-electron chi connectivity index (χ0n) is 19.6. The van der Waals surface area contributed by atoms with E-state index < -0.39 is 35.1 Å². The summed E-state index contributed by atoms with van der Waals surface area (Å²) in [6.45, 7) is 0. The number of aryl methyl sites for hydroxylation is 1. The van der Waals surface area contributed by atoms with Crippen LogP contribution < -0.4 is 10.6 Å². The van der Waals surface area contributed by atoms with E-state index in [1.165, 1.54) is 30.3 Å². The maximum absolute atomic E-state index is 12.9. The van der Waals surface area contributed by atoms with E-state index in [0.29, 0.717) is 16.4 Å². The molecule has 0 radical (unpaired) electrons. The number of halogens is 2. The summed E-state index contributed by atoms with van der Waals surface area (Å²) in [5.74, 6) is -2.16. The van der Waals surface area contributed by atoms with Gasteiger partial charge in [0.1, 0.15) is 6.04 Å². The van der Waals surface area contributed by atoms with Crippen LogP contribution in [0.4, 0.5) is 0 Å². The Hall–Kier alpha value is -2.68. The van der Waals surface area contributed by atoms with Gasteiger partial charge < -0.3 is 15.3 Å². The molecule has 3 N–H and O–H groups in total. The molecule has 12 heteroatoms. The topological polar surface area (TPSA) is 138 Å². The summed E-state index contributed by atoms with van der Waals surface area (Å²) in [6.07, 6.45) is 0.960. The zero-order chi connectivity index (χ0) is 27.4. The molecule has 0 aliphatic heterocycles. The quantitative estimate of drug-likeness (QED) is 0.307. The Balaban J connectivity index is 1.75. The molecular weight excluding hydrogens is 560 g/mol. The molecule has 0 bridgehead atoms. The minimum Gasteiger partial charge on any atom is -0.480 e. The van der Waals surface area contributed by atoms with Gasteiger partial charge in [0.2, 0.25) is 7.37 Å². The molecule has 8 nitrogen and oxygen atoms in total. The largest absolute Gasteiger partial charge is 0.480 e. The summed E-state index contributed by atoms with van der Waals surface area (Å²) in [7, 11) is -7.11. The number of carboxylic acids is 1. The number of aliphatic carboxylic acids is 1. The van der Waals surface area contributed by atoms with Gasteiger partial charge in [-0.2, -0.15) is 0 Å². The highest BCUT2D eigenvalue weighted by Crippen LogP contribution is 2.40. The van der Waals surface area contributed by atoms with Crippen molar-refractivity contribution in [3.8, 4) is 0 Å². The fraction of sp³-hybridized carbons (Fsp3) is 0.200. The SMILES string of the molecule is CS(=O)(=O)c1cccc(C[C@H](NC(=O)c2c(Cl)cc(CCP(=O)(O)c3ccccc3)cc2Cl)C(=O)O)c1. The number of sulfone groups is 1. The van der Waals surface area contributed by atoms with Crippen LogP contribution in [0.3, 0.4) is 0 Å². The third-order valence-corrected chi connectivity index (χ3v) is 9.20. The number of hydrogen-bond donors (Lipinski definition) is 3. The molecule has 1 amide bonds. The number of hydrogen-bond acceptors (Lipinski definition) is 5. The van der Waals surface area contributed by atoms with Crippen LogP contribution in [0, 0.1) is 0 Å². The Morgan fingerprint density at radius 2 is 1.59 bits per heavy atom. The van der Waals surface area contributed by atoms with Gasteiger partial charge in [0, 0.05) is 24.1 Å². The lowest BCUT2D eigenvalue weighted by Gasteiger charge is -2.17. The van der Waals surface area contributed by atoms with Crippen LogP contribution in [0.2, 0.25) is 10.0 Å². The Morgan fingerprint density at radius 3 is 2.16 bits per heavy atom. The highest BCUT2D eigenvalue weighted by Gasteiger charge is 2.26. The van der Waals surface area contributed by atoms with E-state index in [2.05, 4.69) is 5.32 Å². The van der Waals surface area contributed by atoms with Gasteiger partial charge in [-0.25, -0.2) is 13.2 Å². The molecular formula is C25H24Cl2NO7PS. The first kappa shape index (κ1) is 28.9. The molecule has 37 heavy (non-hydrogen) atoms. The normalized spacial score (nSPS) is 13.9. The van der Waals surface area contributed by atoms with Crippen molar-refractivity contribution in [1.82, 2.24) is 5.32 Å². The maximum Gasteiger partial charge on any atom is 0.326 e. The van der Waals surface area contributed by atoms with Crippen LogP contribution in [0.1, 0.15) is 21.5 Å². The van der Waals surface area contributed by atoms with Gasteiger partial charge >= 0.3 is 5.97 Å². The minimum atomic E-state index is -3.62. The molecule has 0 heterocycles. The third kappa shape index (κ3) is 7.66. The smallest absolute Gasteiger partial charge is 0.326 e. The molecule has 0 aromatic heterocycles. The van der Waals surface area contributed by atoms with Crippen LogP contribution in [-0.4, -0.2) is 48.8 Å². The highest BCUT2D eigenvalue weighted by molar-refractivity contribution is 7.90. The minimum absolute atomic E-state index is 0.0295. The molecule has 0 aliphatic rings. The molecule has 2 atom stereocenters. The molecule has 0 saturated heterocycles. The second-order valence-electron chi connectivity index (χ2n) is 8.43. The van der Waals surface area contributed by atoms with Gasteiger partial charge in [0.15, 0.2) is 9.84 Å². The van der Waals surface area contributed by atoms with E-state index in [1.54, 1.807) is 36.4 Å². The Kier molecular flexibility index (Phi) is 9.21. The molecule has 196 valence electrons. The number of benzene rings is 3. The number of amides is 1. The van der Waals surface area contributed by atoms with Crippen molar-refractivity contribution in [3.05, 3.63) is 93.5 Å². The monoisotopic (exact) mass is 583 g/mol. The first-order chi connectivity index (χ1) is 17.3. The molecule has 0 fully saturated rings. The second kappa shape index (κ2) is 11.8. The Bertz CT molecular complexity index is 1460. The molecule has 3 aromatic rings. The van der Waals surface area contributed by atoms with Crippen LogP contribution in [0.15, 0.2) is 71.6 Å². The summed E-state index contributed by atoms with van der Waals surface area (Å²) >= 11 is 12.6. The van der Waals surface area contributed by atoms with Crippen LogP contribution in [0.25, 0.3) is 0 Å². The van der Waals surface area contributed by atoms with Crippen molar-refractivity contribution < 1.29 is 32.6 Å². The summed E-state index contributed by atoms with van der Waals surface area (Å²) in [6, 6.07) is 15.5. The van der Waals surface area contributed by atoms with Gasteiger partial charge in [-0.1, -0.05) is 53.5 Å². The molecule has 0 aliphatic carbocycles. The predicted octanol–water partition coefficient (Wildman–Crippen LogP) is 3.96. The summed E-state index contributed by atoms with van der Waals surface area (Å²) in [5.41, 5.74) is 0.789. The van der Waals surface area contributed by atoms with Crippen molar-refractivity contribution in [2.75, 3.05) is 12.4 Å². The average molecular weight is 584 g/mol. The lowest BCUT2D eigenvalue weighted by Crippen LogP contribution is -2.42. The zero-order valence-corrected chi connectivity index (χ0v) is 22.8. The second-order valence-corrected chi connectivity index (χ2v) is 13.6. The molecule has 1 unspecified atom stereocenters. The third-order valence-electron chi connectivity index (χ3n) is 5.56. The van der Waals surface area contributed by atoms with Crippen molar-refractivity contribution in [1.29, 1.82) is 0 Å². The average Bonchev–Trinajstić information content (AvgIpc) is 2.82. The highest BCUT2D eigenvalue weighted by atomic mass is 35.5. The lowest BCUT2D eigenvalue weighted by atomic mass is 10.0. The van der Waals surface area contributed by atoms with E-state index in [0.717, 1.165) is 6.26 Å². The standard InChI is InChI=1S/C25H24Cl2NO7PS/c1-37(34,35)19-9-5-6-16(12-19)15-22(25(30)31)28-24(29)23-20(26)13-17(14-21(23)27)10-11-36(32,33)18-7-3-2-4-8-18/h2-9,12-14,22H,10-11,15H2,1H3,(H,28,29)(H,30,31)(H,32,33)/t22-/m0/s1. The van der Waals surface area contributed by atoms with Crippen LogP contribution >= 0.6 is 30.6 Å². The lowest BCUT2D eigenvalue weighted by molar-refractivity contribution is -0.139. The molecule has 3 rings (SSSR count). The van der Waals surface area contributed by atoms with Crippen molar-refractivity contribution in [2.24, 2.45) is 0 Å². The fourth-order valence-electron chi connectivity index (χ4n) is 3.63. The molecule has 0 saturated carbocycles. The molecule has 3 aromatic carbocycles. The van der Waals surface area contributed by atoms with E-state index >= 15 is 0 Å². The summed E-state index contributed by atoms with van der Waals surface area (Å²) in [5, 5.41) is 12.2. The number of carbonyl (C=O) groups excluding carboxylic acids is 1. The van der Waals surface area contributed by atoms with Gasteiger partial charge in [-0.05, 0) is 53.9 Å². The van der Waals surface area contributed by atoms with Gasteiger partial charge in [-0.3, -0.25) is 9.36 Å². The van der Waals surface area contributed by atoms with Crippen LogP contribution in [-0.2, 0) is 32.0 Å². The number of carboxylic acid groups (broad SMARTS) is 1. The van der Waals surface area contributed by atoms with E-state index in [-0.39, 0.29) is 39.5 Å². The maximum atomic E-state index is 12.9. The van der Waals surface area contributed by atoms with E-state index in [4.69, 9.17) is 23.2 Å². The van der Waals surface area contributed by atoms with Crippen LogP contribution in [0.5, 0.6) is 0 Å². The van der Waals surface area contributed by atoms with Crippen molar-refractivity contribution >= 4 is 57.6 Å². The van der Waals surface area contributed by atoms with Gasteiger partial charge in [0.25, 0.3) is 5.91 Å². The Morgan fingerprint density at radius 1 is 0.973 bits per heavy atom. The van der Waals surface area contributed by atoms with E-state index in [1.807, 2.05) is 0 Å². The number of rotatable bonds is 10. The van der Waals surface area contributed by atoms with Gasteiger partial charge in [-0.15, -0.1) is 0 Å².